The van der Waals surface area contributed by atoms with Crippen LogP contribution < -0.4 is 9.62 Å². The number of nitrogens with one attached hydrogen (secondary N) is 1. The zero-order valence-electron chi connectivity index (χ0n) is 14.5. The van der Waals surface area contributed by atoms with E-state index in [-0.39, 0.29) is 4.90 Å². The second kappa shape index (κ2) is 8.62. The summed E-state index contributed by atoms with van der Waals surface area (Å²) in [5.41, 5.74) is 2.34. The van der Waals surface area contributed by atoms with Crippen LogP contribution in [0.1, 0.15) is 12.0 Å². The number of ether oxygens (including phenoxy) is 1. The summed E-state index contributed by atoms with van der Waals surface area (Å²) in [7, 11) is -3.67. The Morgan fingerprint density at radius 3 is 2.50 bits per heavy atom. The molecule has 3 rings (SSSR count). The SMILES string of the molecule is O=S(=O)(NCCCc1ccc(N2CCOCC2)cc1)c1cccc(F)c1. The Balaban J connectivity index is 1.47. The first kappa shape index (κ1) is 18.8. The predicted molar refractivity (Wildman–Crippen MR) is 99.4 cm³/mol. The van der Waals surface area contributed by atoms with Crippen molar-refractivity contribution in [1.82, 2.24) is 4.72 Å². The zero-order valence-corrected chi connectivity index (χ0v) is 15.3. The van der Waals surface area contributed by atoms with Gasteiger partial charge in [0.2, 0.25) is 10.0 Å². The Kier molecular flexibility index (Phi) is 6.24. The number of benzene rings is 2. The van der Waals surface area contributed by atoms with Gasteiger partial charge < -0.3 is 9.64 Å². The Labute approximate surface area is 153 Å². The quantitative estimate of drug-likeness (QED) is 0.753. The van der Waals surface area contributed by atoms with E-state index in [2.05, 4.69) is 33.9 Å². The van der Waals surface area contributed by atoms with Crippen LogP contribution in [-0.4, -0.2) is 41.3 Å². The van der Waals surface area contributed by atoms with Gasteiger partial charge in [0.25, 0.3) is 0 Å². The van der Waals surface area contributed by atoms with E-state index < -0.39 is 15.8 Å². The minimum Gasteiger partial charge on any atom is -0.378 e. The smallest absolute Gasteiger partial charge is 0.240 e. The van der Waals surface area contributed by atoms with E-state index in [1.807, 2.05) is 0 Å². The van der Waals surface area contributed by atoms with Crippen LogP contribution in [0.3, 0.4) is 0 Å². The summed E-state index contributed by atoms with van der Waals surface area (Å²) < 4.78 is 45.3. The molecule has 1 aliphatic rings. The fraction of sp³-hybridized carbons (Fsp3) is 0.368. The molecule has 5 nitrogen and oxygen atoms in total. The first-order valence-corrected chi connectivity index (χ1v) is 10.2. The van der Waals surface area contributed by atoms with Gasteiger partial charge in [-0.2, -0.15) is 0 Å². The number of nitrogens with zero attached hydrogens (tertiary/aromatic N) is 1. The molecule has 0 unspecified atom stereocenters. The largest absolute Gasteiger partial charge is 0.378 e. The van der Waals surface area contributed by atoms with Gasteiger partial charge in [0, 0.05) is 25.3 Å². The molecule has 0 radical (unpaired) electrons. The number of morpholine rings is 1. The van der Waals surface area contributed by atoms with E-state index in [4.69, 9.17) is 4.74 Å². The summed E-state index contributed by atoms with van der Waals surface area (Å²) in [4.78, 5) is 2.24. The molecule has 1 aliphatic heterocycles. The van der Waals surface area contributed by atoms with Crippen molar-refractivity contribution in [1.29, 1.82) is 0 Å². The third-order valence-electron chi connectivity index (χ3n) is 4.35. The van der Waals surface area contributed by atoms with Gasteiger partial charge >= 0.3 is 0 Å². The van der Waals surface area contributed by atoms with Gasteiger partial charge in [-0.15, -0.1) is 0 Å². The van der Waals surface area contributed by atoms with Gasteiger partial charge in [-0.05, 0) is 48.7 Å². The van der Waals surface area contributed by atoms with Gasteiger partial charge in [0.05, 0.1) is 18.1 Å². The molecule has 0 saturated carbocycles. The van der Waals surface area contributed by atoms with Crippen molar-refractivity contribution in [3.05, 3.63) is 59.9 Å². The van der Waals surface area contributed by atoms with Gasteiger partial charge in [-0.25, -0.2) is 17.5 Å². The maximum absolute atomic E-state index is 13.2. The fourth-order valence-corrected chi connectivity index (χ4v) is 4.02. The summed E-state index contributed by atoms with van der Waals surface area (Å²) in [6.07, 6.45) is 1.44. The highest BCUT2D eigenvalue weighted by molar-refractivity contribution is 7.89. The standard InChI is InChI=1S/C19H23FN2O3S/c20-17-4-1-5-19(15-17)26(23,24)21-10-2-3-16-6-8-18(9-7-16)22-11-13-25-14-12-22/h1,4-9,15,21H,2-3,10-14H2. The first-order chi connectivity index (χ1) is 12.5. The van der Waals surface area contributed by atoms with Crippen molar-refractivity contribution in [3.63, 3.8) is 0 Å². The first-order valence-electron chi connectivity index (χ1n) is 8.71. The molecule has 0 aliphatic carbocycles. The van der Waals surface area contributed by atoms with Crippen molar-refractivity contribution >= 4 is 15.7 Å². The van der Waals surface area contributed by atoms with E-state index >= 15 is 0 Å². The highest BCUT2D eigenvalue weighted by Gasteiger charge is 2.14. The molecule has 0 bridgehead atoms. The maximum Gasteiger partial charge on any atom is 0.240 e. The molecule has 26 heavy (non-hydrogen) atoms. The number of aryl methyl sites for hydroxylation is 1. The topological polar surface area (TPSA) is 58.6 Å². The minimum absolute atomic E-state index is 0.0487. The minimum atomic E-state index is -3.67. The number of anilines is 1. The van der Waals surface area contributed by atoms with Crippen LogP contribution in [-0.2, 0) is 21.2 Å². The monoisotopic (exact) mass is 378 g/mol. The molecular formula is C19H23FN2O3S. The van der Waals surface area contributed by atoms with Gasteiger partial charge in [0.1, 0.15) is 5.82 Å². The second-order valence-corrected chi connectivity index (χ2v) is 7.99. The molecule has 0 atom stereocenters. The Morgan fingerprint density at radius 2 is 1.81 bits per heavy atom. The van der Waals surface area contributed by atoms with E-state index in [1.54, 1.807) is 0 Å². The van der Waals surface area contributed by atoms with E-state index in [0.717, 1.165) is 44.4 Å². The fourth-order valence-electron chi connectivity index (χ4n) is 2.91. The second-order valence-electron chi connectivity index (χ2n) is 6.22. The van der Waals surface area contributed by atoms with Crippen LogP contribution in [0.15, 0.2) is 53.4 Å². The lowest BCUT2D eigenvalue weighted by atomic mass is 10.1. The number of halogens is 1. The highest BCUT2D eigenvalue weighted by Crippen LogP contribution is 2.17. The third kappa shape index (κ3) is 5.03. The molecule has 7 heteroatoms. The van der Waals surface area contributed by atoms with Crippen molar-refractivity contribution in [3.8, 4) is 0 Å². The lowest BCUT2D eigenvalue weighted by molar-refractivity contribution is 0.122. The van der Waals surface area contributed by atoms with Gasteiger partial charge in [0.15, 0.2) is 0 Å². The van der Waals surface area contributed by atoms with Gasteiger partial charge in [-0.3, -0.25) is 0 Å². The Hall–Kier alpha value is -1.96. The maximum atomic E-state index is 13.2. The Morgan fingerprint density at radius 1 is 1.08 bits per heavy atom. The summed E-state index contributed by atoms with van der Waals surface area (Å²) in [6, 6.07) is 13.4. The lowest BCUT2D eigenvalue weighted by Gasteiger charge is -2.28. The third-order valence-corrected chi connectivity index (χ3v) is 5.81. The van der Waals surface area contributed by atoms with E-state index in [9.17, 15) is 12.8 Å². The summed E-state index contributed by atoms with van der Waals surface area (Å²) >= 11 is 0. The molecule has 2 aromatic rings. The molecular weight excluding hydrogens is 355 g/mol. The van der Waals surface area contributed by atoms with Crippen molar-refractivity contribution < 1.29 is 17.5 Å². The normalized spacial score (nSPS) is 15.2. The van der Waals surface area contributed by atoms with Crippen LogP contribution in [0.2, 0.25) is 0 Å². The van der Waals surface area contributed by atoms with E-state index in [0.29, 0.717) is 13.0 Å². The van der Waals surface area contributed by atoms with Gasteiger partial charge in [-0.1, -0.05) is 18.2 Å². The molecule has 1 saturated heterocycles. The zero-order chi connectivity index (χ0) is 18.4. The van der Waals surface area contributed by atoms with Crippen LogP contribution in [0.4, 0.5) is 10.1 Å². The molecule has 1 N–H and O–H groups in total. The molecule has 2 aromatic carbocycles. The number of hydrogen-bond donors (Lipinski definition) is 1. The Bertz CT molecular complexity index is 819. The average molecular weight is 378 g/mol. The average Bonchev–Trinajstić information content (AvgIpc) is 2.66. The van der Waals surface area contributed by atoms with Crippen LogP contribution >= 0.6 is 0 Å². The molecule has 0 amide bonds. The van der Waals surface area contributed by atoms with Crippen molar-refractivity contribution in [2.45, 2.75) is 17.7 Å². The predicted octanol–water partition coefficient (Wildman–Crippen LogP) is 2.57. The van der Waals surface area contributed by atoms with Crippen molar-refractivity contribution in [2.75, 3.05) is 37.7 Å². The van der Waals surface area contributed by atoms with Crippen molar-refractivity contribution in [2.24, 2.45) is 0 Å². The lowest BCUT2D eigenvalue weighted by Crippen LogP contribution is -2.36. The number of sulfonamides is 1. The summed E-state index contributed by atoms with van der Waals surface area (Å²) in [5.74, 6) is -0.562. The molecule has 0 spiro atoms. The van der Waals surface area contributed by atoms with E-state index in [1.165, 1.54) is 23.9 Å². The molecule has 1 fully saturated rings. The number of hydrogen-bond acceptors (Lipinski definition) is 4. The molecule has 0 aromatic heterocycles. The van der Waals surface area contributed by atoms with Crippen LogP contribution in [0.5, 0.6) is 0 Å². The molecule has 140 valence electrons. The highest BCUT2D eigenvalue weighted by atomic mass is 32.2. The van der Waals surface area contributed by atoms with Crippen LogP contribution in [0.25, 0.3) is 0 Å². The summed E-state index contributed by atoms with van der Waals surface area (Å²) in [5, 5.41) is 0. The molecule has 1 heterocycles. The number of rotatable bonds is 7. The van der Waals surface area contributed by atoms with Crippen LogP contribution in [0, 0.1) is 5.82 Å². The summed E-state index contributed by atoms with van der Waals surface area (Å²) in [6.45, 7) is 3.63.